The molecule has 0 saturated carbocycles. The SMILES string of the molecule is C=C(C)CC[18O]C(=[18O])CCc1ccccc1. The van der Waals surface area contributed by atoms with Crippen molar-refractivity contribution in [3.8, 4) is 0 Å². The molecule has 0 aliphatic carbocycles. The predicted molar refractivity (Wildman–Crippen MR) is 65.2 cm³/mol. The first-order valence-electron chi connectivity index (χ1n) is 5.52. The molecule has 0 spiro atoms. The molecule has 0 aliphatic rings. The van der Waals surface area contributed by atoms with Gasteiger partial charge in [0.2, 0.25) is 0 Å². The molecule has 2 heteroatoms. The lowest BCUT2D eigenvalue weighted by molar-refractivity contribution is -0.143. The van der Waals surface area contributed by atoms with Gasteiger partial charge in [-0.3, -0.25) is 4.79 Å². The number of esters is 1. The van der Waals surface area contributed by atoms with Crippen LogP contribution < -0.4 is 0 Å². The average molecular weight is 222 g/mol. The summed E-state index contributed by atoms with van der Waals surface area (Å²) < 4.78 is 5.07. The van der Waals surface area contributed by atoms with Crippen molar-refractivity contribution in [1.82, 2.24) is 0 Å². The molecule has 0 atom stereocenters. The third kappa shape index (κ3) is 5.35. The van der Waals surface area contributed by atoms with Crippen LogP contribution in [0, 0.1) is 0 Å². The van der Waals surface area contributed by atoms with Crippen LogP contribution in [-0.2, 0) is 16.0 Å². The standard InChI is InChI=1S/C14H18O2/c1-12(2)10-11-16-14(15)9-8-13-6-4-3-5-7-13/h3-7H,1,8-11H2,2H3/i15+2,16+2. The van der Waals surface area contributed by atoms with E-state index in [4.69, 9.17) is 4.74 Å². The van der Waals surface area contributed by atoms with Gasteiger partial charge in [0.15, 0.2) is 0 Å². The summed E-state index contributed by atoms with van der Waals surface area (Å²) in [6.07, 6.45) is 1.93. The molecule has 0 heterocycles. The molecule has 1 aromatic rings. The van der Waals surface area contributed by atoms with E-state index in [2.05, 4.69) is 6.58 Å². The highest BCUT2D eigenvalue weighted by Gasteiger charge is 2.02. The van der Waals surface area contributed by atoms with E-state index in [0.717, 1.165) is 18.4 Å². The molecule has 0 amide bonds. The van der Waals surface area contributed by atoms with Crippen molar-refractivity contribution in [2.24, 2.45) is 0 Å². The predicted octanol–water partition coefficient (Wildman–Crippen LogP) is 3.13. The van der Waals surface area contributed by atoms with Crippen LogP contribution in [0.25, 0.3) is 0 Å². The van der Waals surface area contributed by atoms with Gasteiger partial charge in [0.25, 0.3) is 0 Å². The van der Waals surface area contributed by atoms with Gasteiger partial charge in [-0.15, -0.1) is 6.58 Å². The van der Waals surface area contributed by atoms with Gasteiger partial charge in [-0.1, -0.05) is 35.9 Å². The third-order valence-corrected chi connectivity index (χ3v) is 2.25. The minimum atomic E-state index is -0.134. The maximum absolute atomic E-state index is 11.3. The molecule has 1 rings (SSSR count). The molecule has 0 N–H and O–H groups in total. The summed E-state index contributed by atoms with van der Waals surface area (Å²) in [5.74, 6) is -0.134. The Morgan fingerprint density at radius 2 is 1.94 bits per heavy atom. The molecule has 0 unspecified atom stereocenters. The van der Waals surface area contributed by atoms with Crippen LogP contribution >= 0.6 is 0 Å². The van der Waals surface area contributed by atoms with E-state index in [1.165, 1.54) is 5.56 Å². The Kier molecular flexibility index (Phi) is 5.34. The molecule has 16 heavy (non-hydrogen) atoms. The van der Waals surface area contributed by atoms with E-state index in [0.29, 0.717) is 13.0 Å². The van der Waals surface area contributed by atoms with Crippen molar-refractivity contribution in [3.05, 3.63) is 48.0 Å². The fourth-order valence-electron chi connectivity index (χ4n) is 1.30. The highest BCUT2D eigenvalue weighted by atomic mass is 18.4. The van der Waals surface area contributed by atoms with E-state index in [1.54, 1.807) is 0 Å². The van der Waals surface area contributed by atoms with E-state index >= 15 is 0 Å². The quantitative estimate of drug-likeness (QED) is 0.420. The Morgan fingerprint density at radius 3 is 2.56 bits per heavy atom. The molecular weight excluding hydrogens is 204 g/mol. The maximum atomic E-state index is 11.3. The van der Waals surface area contributed by atoms with Gasteiger partial charge in [0.05, 0.1) is 6.61 Å². The fraction of sp³-hybridized carbons (Fsp3) is 0.357. The van der Waals surface area contributed by atoms with Crippen molar-refractivity contribution in [3.63, 3.8) is 0 Å². The summed E-state index contributed by atoms with van der Waals surface area (Å²) in [5.41, 5.74) is 2.20. The van der Waals surface area contributed by atoms with Gasteiger partial charge in [-0.25, -0.2) is 0 Å². The summed E-state index contributed by atoms with van der Waals surface area (Å²) in [6, 6.07) is 9.94. The van der Waals surface area contributed by atoms with Crippen molar-refractivity contribution in [1.29, 1.82) is 0 Å². The zero-order chi connectivity index (χ0) is 11.8. The summed E-state index contributed by atoms with van der Waals surface area (Å²) in [5, 5.41) is 0. The van der Waals surface area contributed by atoms with Gasteiger partial charge in [0.1, 0.15) is 0 Å². The monoisotopic (exact) mass is 222 g/mol. The summed E-state index contributed by atoms with van der Waals surface area (Å²) in [4.78, 5) is 11.3. The van der Waals surface area contributed by atoms with E-state index in [1.807, 2.05) is 37.3 Å². The summed E-state index contributed by atoms with van der Waals surface area (Å²) in [6.45, 7) is 6.13. The Bertz CT molecular complexity index is 341. The van der Waals surface area contributed by atoms with Gasteiger partial charge in [0, 0.05) is 12.8 Å². The van der Waals surface area contributed by atoms with E-state index in [9.17, 15) is 4.79 Å². The number of carbonyl (C=O) groups is 1. The summed E-state index contributed by atoms with van der Waals surface area (Å²) >= 11 is 0. The Hall–Kier alpha value is -1.57. The number of carbonyl (C=O) groups excluding carboxylic acids is 1. The van der Waals surface area contributed by atoms with E-state index < -0.39 is 0 Å². The van der Waals surface area contributed by atoms with Gasteiger partial charge in [-0.2, -0.15) is 0 Å². The first-order valence-corrected chi connectivity index (χ1v) is 5.52. The van der Waals surface area contributed by atoms with Gasteiger partial charge in [-0.05, 0) is 18.9 Å². The van der Waals surface area contributed by atoms with Crippen LogP contribution in [-0.4, -0.2) is 12.6 Å². The van der Waals surface area contributed by atoms with Crippen LogP contribution in [0.1, 0.15) is 25.3 Å². The molecule has 0 radical (unpaired) electrons. The normalized spacial score (nSPS) is 9.81. The van der Waals surface area contributed by atoms with Crippen molar-refractivity contribution >= 4 is 5.97 Å². The Balaban J connectivity index is 2.18. The van der Waals surface area contributed by atoms with Crippen LogP contribution in [0.15, 0.2) is 42.5 Å². The minimum absolute atomic E-state index is 0.134. The van der Waals surface area contributed by atoms with Crippen LogP contribution in [0.4, 0.5) is 0 Å². The topological polar surface area (TPSA) is 26.3 Å². The molecule has 0 bridgehead atoms. The van der Waals surface area contributed by atoms with Gasteiger partial charge >= 0.3 is 5.97 Å². The van der Waals surface area contributed by atoms with Crippen molar-refractivity contribution < 1.29 is 9.53 Å². The second-order valence-electron chi connectivity index (χ2n) is 3.91. The Morgan fingerprint density at radius 1 is 1.25 bits per heavy atom. The number of hydrogen-bond acceptors (Lipinski definition) is 2. The van der Waals surface area contributed by atoms with E-state index in [-0.39, 0.29) is 5.97 Å². The molecule has 1 aromatic carbocycles. The second kappa shape index (κ2) is 6.83. The van der Waals surface area contributed by atoms with Crippen LogP contribution in [0.2, 0.25) is 0 Å². The number of ether oxygens (including phenoxy) is 1. The molecular formula is C14H18O2. The molecule has 0 aromatic heterocycles. The lowest BCUT2D eigenvalue weighted by Gasteiger charge is -2.04. The third-order valence-electron chi connectivity index (χ3n) is 2.25. The lowest BCUT2D eigenvalue weighted by atomic mass is 10.1. The Labute approximate surface area is 96.9 Å². The molecule has 0 fully saturated rings. The molecule has 2 nitrogen and oxygen atoms in total. The van der Waals surface area contributed by atoms with Crippen LogP contribution in [0.5, 0.6) is 0 Å². The van der Waals surface area contributed by atoms with Gasteiger partial charge < -0.3 is 4.74 Å². The first-order chi connectivity index (χ1) is 7.68. The number of hydrogen-bond donors (Lipinski definition) is 0. The molecule has 0 saturated heterocycles. The molecule has 0 aliphatic heterocycles. The van der Waals surface area contributed by atoms with Crippen molar-refractivity contribution in [2.45, 2.75) is 26.2 Å². The summed E-state index contributed by atoms with van der Waals surface area (Å²) in [7, 11) is 0. The number of aryl methyl sites for hydroxylation is 1. The second-order valence-corrected chi connectivity index (χ2v) is 3.91. The zero-order valence-corrected chi connectivity index (χ0v) is 9.74. The maximum Gasteiger partial charge on any atom is 0.306 e. The minimum Gasteiger partial charge on any atom is -0.465 e. The first kappa shape index (κ1) is 12.5. The number of benzene rings is 1. The number of rotatable bonds is 6. The average Bonchev–Trinajstić information content (AvgIpc) is 2.27. The zero-order valence-electron chi connectivity index (χ0n) is 9.74. The largest absolute Gasteiger partial charge is 0.465 e. The van der Waals surface area contributed by atoms with Crippen molar-refractivity contribution in [2.75, 3.05) is 6.61 Å². The highest BCUT2D eigenvalue weighted by Crippen LogP contribution is 2.04. The fourth-order valence-corrected chi connectivity index (χ4v) is 1.30. The lowest BCUT2D eigenvalue weighted by Crippen LogP contribution is -2.07. The smallest absolute Gasteiger partial charge is 0.306 e. The van der Waals surface area contributed by atoms with Crippen LogP contribution in [0.3, 0.4) is 0 Å². The molecule has 86 valence electrons. The highest BCUT2D eigenvalue weighted by molar-refractivity contribution is 5.69.